The lowest BCUT2D eigenvalue weighted by Crippen LogP contribution is -2.33. The van der Waals surface area contributed by atoms with E-state index in [4.69, 9.17) is 14.5 Å². The summed E-state index contributed by atoms with van der Waals surface area (Å²) >= 11 is 0. The Hall–Kier alpha value is -2.04. The summed E-state index contributed by atoms with van der Waals surface area (Å²) in [7, 11) is 3.90. The fraction of sp³-hybridized carbons (Fsp3) is 0.368. The normalized spacial score (nSPS) is 19.8. The van der Waals surface area contributed by atoms with Crippen LogP contribution < -0.4 is 9.62 Å². The minimum Gasteiger partial charge on any atom is -0.497 e. The highest BCUT2D eigenvalue weighted by Gasteiger charge is 2.28. The summed E-state index contributed by atoms with van der Waals surface area (Å²) in [6.45, 7) is 1.61. The number of fused-ring (bicyclic) bond motifs is 2. The summed E-state index contributed by atoms with van der Waals surface area (Å²) in [5.74, 6) is 1.79. The zero-order valence-electron chi connectivity index (χ0n) is 13.5. The van der Waals surface area contributed by atoms with Gasteiger partial charge in [0.05, 0.1) is 7.11 Å². The Kier molecular flexibility index (Phi) is 3.71. The number of hydrogen-bond acceptors (Lipinski definition) is 4. The predicted molar refractivity (Wildman–Crippen MR) is 87.6 cm³/mol. The van der Waals surface area contributed by atoms with Crippen LogP contribution >= 0.6 is 0 Å². The second-order valence-electron chi connectivity index (χ2n) is 6.30. The minimum absolute atomic E-state index is 0.387. The smallest absolute Gasteiger partial charge is 0.171 e. The summed E-state index contributed by atoms with van der Waals surface area (Å²) in [6, 6.07) is 13.2. The van der Waals surface area contributed by atoms with Crippen molar-refractivity contribution in [2.75, 3.05) is 20.7 Å². The molecule has 0 aliphatic carbocycles. The zero-order chi connectivity index (χ0) is 15.8. The van der Waals surface area contributed by atoms with Gasteiger partial charge in [-0.25, -0.2) is 0 Å². The van der Waals surface area contributed by atoms with Crippen molar-refractivity contribution >= 4 is 0 Å². The molecule has 4 rings (SSSR count). The first kappa shape index (κ1) is 14.5. The van der Waals surface area contributed by atoms with Gasteiger partial charge < -0.3 is 9.62 Å². The van der Waals surface area contributed by atoms with E-state index in [9.17, 15) is 0 Å². The molecule has 120 valence electrons. The average Bonchev–Trinajstić information content (AvgIpc) is 3.04. The molecule has 4 nitrogen and oxygen atoms in total. The van der Waals surface area contributed by atoms with Crippen LogP contribution in [-0.2, 0) is 24.3 Å². The molecule has 2 aromatic rings. The van der Waals surface area contributed by atoms with Gasteiger partial charge >= 0.3 is 0 Å². The topological polar surface area (TPSA) is 30.9 Å². The molecule has 0 radical (unpaired) electrons. The number of methoxy groups -OCH3 is 1. The van der Waals surface area contributed by atoms with Crippen LogP contribution in [0.3, 0.4) is 0 Å². The van der Waals surface area contributed by atoms with Gasteiger partial charge in [0.25, 0.3) is 0 Å². The van der Waals surface area contributed by atoms with Gasteiger partial charge in [-0.3, -0.25) is 4.90 Å². The number of nitrogens with zero attached hydrogens (tertiary/aromatic N) is 1. The Bertz CT molecular complexity index is 711. The van der Waals surface area contributed by atoms with Crippen molar-refractivity contribution in [2.45, 2.75) is 25.5 Å². The van der Waals surface area contributed by atoms with Crippen molar-refractivity contribution in [3.8, 4) is 11.5 Å². The zero-order valence-corrected chi connectivity index (χ0v) is 13.5. The van der Waals surface area contributed by atoms with Crippen molar-refractivity contribution < 1.29 is 14.5 Å². The van der Waals surface area contributed by atoms with Gasteiger partial charge in [-0.1, -0.05) is 12.1 Å². The van der Waals surface area contributed by atoms with E-state index in [1.54, 1.807) is 7.11 Å². The number of benzene rings is 2. The van der Waals surface area contributed by atoms with E-state index in [-0.39, 0.29) is 0 Å². The van der Waals surface area contributed by atoms with Crippen molar-refractivity contribution in [1.29, 1.82) is 0 Å². The lowest BCUT2D eigenvalue weighted by molar-refractivity contribution is -0.194. The summed E-state index contributed by atoms with van der Waals surface area (Å²) in [4.78, 5) is 12.8. The Morgan fingerprint density at radius 1 is 1.17 bits per heavy atom. The molecule has 0 fully saturated rings. The highest BCUT2D eigenvalue weighted by molar-refractivity contribution is 5.46. The Balaban J connectivity index is 1.65. The van der Waals surface area contributed by atoms with Crippen LogP contribution in [0.25, 0.3) is 0 Å². The number of hydrogen-bond donors (Lipinski definition) is 0. The summed E-state index contributed by atoms with van der Waals surface area (Å²) in [5, 5.41) is 0. The Labute approximate surface area is 136 Å². The van der Waals surface area contributed by atoms with Crippen molar-refractivity contribution in [3.05, 3.63) is 58.7 Å². The molecule has 2 aliphatic rings. The quantitative estimate of drug-likeness (QED) is 0.814. The second-order valence-corrected chi connectivity index (χ2v) is 6.30. The summed E-state index contributed by atoms with van der Waals surface area (Å²) < 4.78 is 5.25. The van der Waals surface area contributed by atoms with Gasteiger partial charge in [0.15, 0.2) is 5.75 Å². The van der Waals surface area contributed by atoms with E-state index in [2.05, 4.69) is 36.2 Å². The molecular formula is C19H21NO3. The molecule has 1 unspecified atom stereocenters. The molecule has 0 aromatic heterocycles. The lowest BCUT2D eigenvalue weighted by atomic mass is 9.87. The standard InChI is InChI=1S/C19H21NO3/c1-20-8-7-14-11-19-15(12-22-23-19)10-17(14)18(20)9-13-3-5-16(21-2)6-4-13/h3-6,10-11,18H,7-9,12H2,1-2H3. The maximum absolute atomic E-state index is 5.25. The molecule has 2 aliphatic heterocycles. The molecule has 1 atom stereocenters. The fourth-order valence-electron chi connectivity index (χ4n) is 3.50. The van der Waals surface area contributed by atoms with Crippen LogP contribution in [0, 0.1) is 0 Å². The lowest BCUT2D eigenvalue weighted by Gasteiger charge is -2.35. The summed E-state index contributed by atoms with van der Waals surface area (Å²) in [5.41, 5.74) is 5.26. The molecule has 2 aromatic carbocycles. The average molecular weight is 311 g/mol. The Morgan fingerprint density at radius 3 is 2.78 bits per heavy atom. The van der Waals surface area contributed by atoms with Crippen molar-refractivity contribution in [3.63, 3.8) is 0 Å². The SMILES string of the molecule is COc1ccc(CC2c3cc4c(cc3CCN2C)OOC4)cc1. The van der Waals surface area contributed by atoms with Crippen LogP contribution in [0.2, 0.25) is 0 Å². The van der Waals surface area contributed by atoms with Crippen LogP contribution in [0.15, 0.2) is 36.4 Å². The van der Waals surface area contributed by atoms with Gasteiger partial charge in [0.2, 0.25) is 0 Å². The van der Waals surface area contributed by atoms with Crippen molar-refractivity contribution in [2.24, 2.45) is 0 Å². The van der Waals surface area contributed by atoms with Crippen LogP contribution in [0.5, 0.6) is 11.5 Å². The Morgan fingerprint density at radius 2 is 2.00 bits per heavy atom. The predicted octanol–water partition coefficient (Wildman–Crippen LogP) is 3.29. The number of likely N-dealkylation sites (N-methyl/N-ethyl adjacent to an activating group) is 1. The van der Waals surface area contributed by atoms with Gasteiger partial charge in [0.1, 0.15) is 12.4 Å². The third kappa shape index (κ3) is 2.69. The molecule has 4 heteroatoms. The first-order chi connectivity index (χ1) is 11.2. The molecule has 0 amide bonds. The highest BCUT2D eigenvalue weighted by Crippen LogP contribution is 2.37. The third-order valence-electron chi connectivity index (χ3n) is 4.90. The molecule has 0 spiro atoms. The molecule has 0 bridgehead atoms. The number of ether oxygens (including phenoxy) is 1. The fourth-order valence-corrected chi connectivity index (χ4v) is 3.50. The van der Waals surface area contributed by atoms with Gasteiger partial charge in [-0.05, 0) is 60.8 Å². The van der Waals surface area contributed by atoms with Gasteiger partial charge in [-0.2, -0.15) is 4.89 Å². The molecule has 0 N–H and O–H groups in total. The molecule has 2 heterocycles. The third-order valence-corrected chi connectivity index (χ3v) is 4.90. The first-order valence-corrected chi connectivity index (χ1v) is 8.03. The maximum Gasteiger partial charge on any atom is 0.171 e. The van der Waals surface area contributed by atoms with E-state index in [1.165, 1.54) is 16.7 Å². The van der Waals surface area contributed by atoms with Crippen LogP contribution in [0.1, 0.15) is 28.3 Å². The molecule has 0 saturated heterocycles. The van der Waals surface area contributed by atoms with Crippen LogP contribution in [0.4, 0.5) is 0 Å². The summed E-state index contributed by atoms with van der Waals surface area (Å²) in [6.07, 6.45) is 2.05. The molecule has 0 saturated carbocycles. The van der Waals surface area contributed by atoms with E-state index in [0.717, 1.165) is 36.4 Å². The monoisotopic (exact) mass is 311 g/mol. The van der Waals surface area contributed by atoms with E-state index in [1.807, 2.05) is 12.1 Å². The molecule has 23 heavy (non-hydrogen) atoms. The van der Waals surface area contributed by atoms with E-state index >= 15 is 0 Å². The van der Waals surface area contributed by atoms with Crippen LogP contribution in [-0.4, -0.2) is 25.6 Å². The van der Waals surface area contributed by atoms with E-state index < -0.39 is 0 Å². The van der Waals surface area contributed by atoms with E-state index in [0.29, 0.717) is 12.6 Å². The largest absolute Gasteiger partial charge is 0.497 e. The minimum atomic E-state index is 0.387. The first-order valence-electron chi connectivity index (χ1n) is 8.03. The molecular weight excluding hydrogens is 290 g/mol. The van der Waals surface area contributed by atoms with Gasteiger partial charge in [0, 0.05) is 18.2 Å². The van der Waals surface area contributed by atoms with Crippen molar-refractivity contribution in [1.82, 2.24) is 4.90 Å². The van der Waals surface area contributed by atoms with Gasteiger partial charge in [-0.15, -0.1) is 0 Å². The number of rotatable bonds is 3. The maximum atomic E-state index is 5.25. The highest BCUT2D eigenvalue weighted by atomic mass is 17.2. The second kappa shape index (κ2) is 5.87.